The molecule has 0 amide bonds. The number of nitrogens with one attached hydrogen (secondary N) is 1. The van der Waals surface area contributed by atoms with Crippen molar-refractivity contribution in [1.29, 1.82) is 0 Å². The third-order valence-electron chi connectivity index (χ3n) is 3.72. The summed E-state index contributed by atoms with van der Waals surface area (Å²) in [5, 5.41) is 3.49. The largest absolute Gasteiger partial charge is 0.497 e. The lowest BCUT2D eigenvalue weighted by atomic mass is 10.1. The van der Waals surface area contributed by atoms with E-state index in [1.807, 2.05) is 18.2 Å². The van der Waals surface area contributed by atoms with Crippen molar-refractivity contribution in [2.75, 3.05) is 20.3 Å². The Bertz CT molecular complexity index is 583. The number of methoxy groups -OCH3 is 1. The lowest BCUT2D eigenvalue weighted by molar-refractivity contribution is 0.309. The Morgan fingerprint density at radius 3 is 2.48 bits per heavy atom. The van der Waals surface area contributed by atoms with Crippen LogP contribution in [-0.2, 0) is 13.0 Å². The van der Waals surface area contributed by atoms with E-state index in [0.29, 0.717) is 0 Å². The average Bonchev–Trinajstić information content (AvgIpc) is 2.60. The third kappa shape index (κ3) is 6.33. The van der Waals surface area contributed by atoms with E-state index >= 15 is 0 Å². The van der Waals surface area contributed by atoms with Gasteiger partial charge in [0.1, 0.15) is 11.5 Å². The maximum atomic E-state index is 5.75. The zero-order valence-electron chi connectivity index (χ0n) is 14.2. The second-order valence-electron chi connectivity index (χ2n) is 5.63. The number of hydrogen-bond acceptors (Lipinski definition) is 3. The number of rotatable bonds is 10. The lowest BCUT2D eigenvalue weighted by Crippen LogP contribution is -2.16. The minimum absolute atomic E-state index is 0.795. The van der Waals surface area contributed by atoms with Crippen molar-refractivity contribution in [3.05, 3.63) is 59.7 Å². The predicted molar refractivity (Wildman–Crippen MR) is 95.2 cm³/mol. The van der Waals surface area contributed by atoms with E-state index in [1.165, 1.54) is 11.1 Å². The molecule has 0 heterocycles. The molecule has 2 aromatic carbocycles. The van der Waals surface area contributed by atoms with Crippen LogP contribution in [0.4, 0.5) is 0 Å². The number of unbranched alkanes of at least 4 members (excludes halogenated alkanes) is 1. The van der Waals surface area contributed by atoms with Crippen LogP contribution < -0.4 is 14.8 Å². The van der Waals surface area contributed by atoms with E-state index in [-0.39, 0.29) is 0 Å². The normalized spacial score (nSPS) is 10.5. The minimum Gasteiger partial charge on any atom is -0.497 e. The van der Waals surface area contributed by atoms with Gasteiger partial charge >= 0.3 is 0 Å². The number of benzene rings is 2. The molecule has 0 saturated heterocycles. The topological polar surface area (TPSA) is 30.5 Å². The van der Waals surface area contributed by atoms with Crippen molar-refractivity contribution in [2.45, 2.75) is 32.7 Å². The van der Waals surface area contributed by atoms with E-state index in [2.05, 4.69) is 42.6 Å². The summed E-state index contributed by atoms with van der Waals surface area (Å²) in [6.45, 7) is 4.76. The van der Waals surface area contributed by atoms with Crippen molar-refractivity contribution in [2.24, 2.45) is 0 Å². The van der Waals surface area contributed by atoms with Crippen LogP contribution in [0.1, 0.15) is 30.9 Å². The van der Waals surface area contributed by atoms with Gasteiger partial charge in [0.15, 0.2) is 0 Å². The van der Waals surface area contributed by atoms with Gasteiger partial charge in [0.25, 0.3) is 0 Å². The molecule has 0 bridgehead atoms. The fraction of sp³-hybridized carbons (Fsp3) is 0.400. The average molecular weight is 313 g/mol. The zero-order valence-corrected chi connectivity index (χ0v) is 14.2. The van der Waals surface area contributed by atoms with Crippen LogP contribution in [0.15, 0.2) is 48.5 Å². The summed E-state index contributed by atoms with van der Waals surface area (Å²) >= 11 is 0. The highest BCUT2D eigenvalue weighted by Gasteiger charge is 1.99. The molecule has 3 nitrogen and oxygen atoms in total. The van der Waals surface area contributed by atoms with Crippen molar-refractivity contribution < 1.29 is 9.47 Å². The van der Waals surface area contributed by atoms with E-state index in [0.717, 1.165) is 50.5 Å². The van der Waals surface area contributed by atoms with E-state index in [4.69, 9.17) is 9.47 Å². The summed E-state index contributed by atoms with van der Waals surface area (Å²) in [4.78, 5) is 0. The Kier molecular flexibility index (Phi) is 7.47. The first-order valence-electron chi connectivity index (χ1n) is 8.37. The van der Waals surface area contributed by atoms with E-state index in [9.17, 15) is 0 Å². The van der Waals surface area contributed by atoms with Crippen LogP contribution in [0.25, 0.3) is 0 Å². The van der Waals surface area contributed by atoms with Gasteiger partial charge in [-0.15, -0.1) is 0 Å². The molecular formula is C20H27NO2. The molecule has 124 valence electrons. The molecule has 0 fully saturated rings. The zero-order chi connectivity index (χ0) is 16.3. The van der Waals surface area contributed by atoms with Gasteiger partial charge < -0.3 is 14.8 Å². The van der Waals surface area contributed by atoms with Crippen molar-refractivity contribution in [3.63, 3.8) is 0 Å². The van der Waals surface area contributed by atoms with Gasteiger partial charge in [0.2, 0.25) is 0 Å². The van der Waals surface area contributed by atoms with Crippen molar-refractivity contribution in [3.8, 4) is 11.5 Å². The summed E-state index contributed by atoms with van der Waals surface area (Å²) in [6.07, 6.45) is 3.25. The van der Waals surface area contributed by atoms with Crippen molar-refractivity contribution >= 4 is 0 Å². The number of hydrogen-bond donors (Lipinski definition) is 1. The van der Waals surface area contributed by atoms with E-state index in [1.54, 1.807) is 7.11 Å². The highest BCUT2D eigenvalue weighted by molar-refractivity contribution is 5.29. The Morgan fingerprint density at radius 2 is 1.70 bits per heavy atom. The number of ether oxygens (including phenoxy) is 2. The highest BCUT2D eigenvalue weighted by Crippen LogP contribution is 2.14. The van der Waals surface area contributed by atoms with Gasteiger partial charge in [-0.2, -0.15) is 0 Å². The maximum absolute atomic E-state index is 5.75. The predicted octanol–water partition coefficient (Wildman–Crippen LogP) is 4.21. The summed E-state index contributed by atoms with van der Waals surface area (Å²) in [6, 6.07) is 16.6. The van der Waals surface area contributed by atoms with Gasteiger partial charge in [-0.1, -0.05) is 37.6 Å². The standard InChI is InChI=1S/C20H27NO2/c1-3-4-13-23-20-10-6-8-18(15-20)16-21-12-11-17-7-5-9-19(14-17)22-2/h5-10,14-15,21H,3-4,11-13,16H2,1-2H3. The van der Waals surface area contributed by atoms with Crippen LogP contribution in [0, 0.1) is 0 Å². The molecule has 1 N–H and O–H groups in total. The Hall–Kier alpha value is -2.00. The van der Waals surface area contributed by atoms with Gasteiger partial charge in [0.05, 0.1) is 13.7 Å². The SMILES string of the molecule is CCCCOc1cccc(CNCCc2cccc(OC)c2)c1. The van der Waals surface area contributed by atoms with Gasteiger partial charge in [0, 0.05) is 6.54 Å². The molecular weight excluding hydrogens is 286 g/mol. The van der Waals surface area contributed by atoms with Gasteiger partial charge in [-0.3, -0.25) is 0 Å². The quantitative estimate of drug-likeness (QED) is 0.667. The molecule has 0 aliphatic rings. The van der Waals surface area contributed by atoms with Crippen LogP contribution in [0.5, 0.6) is 11.5 Å². The molecule has 0 atom stereocenters. The van der Waals surface area contributed by atoms with E-state index < -0.39 is 0 Å². The van der Waals surface area contributed by atoms with Crippen LogP contribution in [0.3, 0.4) is 0 Å². The second kappa shape index (κ2) is 9.90. The first-order valence-corrected chi connectivity index (χ1v) is 8.37. The monoisotopic (exact) mass is 313 g/mol. The molecule has 0 spiro atoms. The molecule has 0 aliphatic heterocycles. The fourth-order valence-electron chi connectivity index (χ4n) is 2.37. The molecule has 0 unspecified atom stereocenters. The molecule has 0 aromatic heterocycles. The van der Waals surface area contributed by atoms with Crippen LogP contribution in [-0.4, -0.2) is 20.3 Å². The Balaban J connectivity index is 1.74. The summed E-state index contributed by atoms with van der Waals surface area (Å²) in [5.41, 5.74) is 2.54. The molecule has 2 rings (SSSR count). The van der Waals surface area contributed by atoms with Gasteiger partial charge in [-0.05, 0) is 54.8 Å². The summed E-state index contributed by atoms with van der Waals surface area (Å²) in [5.74, 6) is 1.88. The first kappa shape index (κ1) is 17.4. The van der Waals surface area contributed by atoms with Gasteiger partial charge in [-0.25, -0.2) is 0 Å². The Labute approximate surface area is 139 Å². The second-order valence-corrected chi connectivity index (χ2v) is 5.63. The van der Waals surface area contributed by atoms with Crippen molar-refractivity contribution in [1.82, 2.24) is 5.32 Å². The molecule has 0 saturated carbocycles. The fourth-order valence-corrected chi connectivity index (χ4v) is 2.37. The molecule has 3 heteroatoms. The molecule has 0 aliphatic carbocycles. The lowest BCUT2D eigenvalue weighted by Gasteiger charge is -2.09. The molecule has 2 aromatic rings. The van der Waals surface area contributed by atoms with Crippen LogP contribution in [0.2, 0.25) is 0 Å². The molecule has 23 heavy (non-hydrogen) atoms. The Morgan fingerprint density at radius 1 is 0.957 bits per heavy atom. The smallest absolute Gasteiger partial charge is 0.119 e. The first-order chi connectivity index (χ1) is 11.3. The summed E-state index contributed by atoms with van der Waals surface area (Å²) < 4.78 is 11.0. The molecule has 0 radical (unpaired) electrons. The third-order valence-corrected chi connectivity index (χ3v) is 3.72. The maximum Gasteiger partial charge on any atom is 0.119 e. The minimum atomic E-state index is 0.795. The summed E-state index contributed by atoms with van der Waals surface area (Å²) in [7, 11) is 1.70. The highest BCUT2D eigenvalue weighted by atomic mass is 16.5. The van der Waals surface area contributed by atoms with Crippen LogP contribution >= 0.6 is 0 Å².